The predicted molar refractivity (Wildman–Crippen MR) is 163 cm³/mol. The molecule has 9 nitrogen and oxygen atoms in total. The number of carbonyl (C=O) groups excluding carboxylic acids is 2. The van der Waals surface area contributed by atoms with Gasteiger partial charge in [0.15, 0.2) is 0 Å². The van der Waals surface area contributed by atoms with Crippen molar-refractivity contribution in [2.24, 2.45) is 0 Å². The Balaban J connectivity index is 1.47. The van der Waals surface area contributed by atoms with E-state index in [1.165, 1.54) is 12.3 Å². The van der Waals surface area contributed by atoms with Crippen molar-refractivity contribution in [1.29, 1.82) is 0 Å². The zero-order valence-corrected chi connectivity index (χ0v) is 25.7. The molecule has 3 heterocycles. The predicted octanol–water partition coefficient (Wildman–Crippen LogP) is 3.86. The number of hydroxylamine groups is 2. The maximum Gasteiger partial charge on any atom is 0.295 e. The van der Waals surface area contributed by atoms with Gasteiger partial charge in [0.05, 0.1) is 16.2 Å². The summed E-state index contributed by atoms with van der Waals surface area (Å²) in [5.74, 6) is -5.28. The van der Waals surface area contributed by atoms with E-state index < -0.39 is 29.2 Å². The van der Waals surface area contributed by atoms with Gasteiger partial charge in [0.25, 0.3) is 11.7 Å². The van der Waals surface area contributed by atoms with E-state index in [4.69, 9.17) is 28.0 Å². The lowest BCUT2D eigenvalue weighted by atomic mass is 9.84. The third-order valence-electron chi connectivity index (χ3n) is 8.59. The number of amides is 1. The molecule has 1 unspecified atom stereocenters. The number of Topliss-reactive ketones (excluding diaryl/α,β-unsaturated/α-hetero) is 1. The molecular formula is C32H33Cl2FN4O5. The lowest BCUT2D eigenvalue weighted by Crippen LogP contribution is -2.55. The van der Waals surface area contributed by atoms with Crippen molar-refractivity contribution in [2.45, 2.75) is 36.8 Å². The number of aromatic nitrogens is 1. The lowest BCUT2D eigenvalue weighted by molar-refractivity contribution is -0.238. The summed E-state index contributed by atoms with van der Waals surface area (Å²) in [6.45, 7) is 2.18. The van der Waals surface area contributed by atoms with E-state index in [1.807, 2.05) is 11.9 Å². The highest BCUT2D eigenvalue weighted by Crippen LogP contribution is 2.48. The third kappa shape index (κ3) is 6.00. The van der Waals surface area contributed by atoms with E-state index in [9.17, 15) is 19.8 Å². The van der Waals surface area contributed by atoms with Crippen LogP contribution in [0.3, 0.4) is 0 Å². The molecule has 1 aromatic heterocycles. The molecule has 2 N–H and O–H groups in total. The summed E-state index contributed by atoms with van der Waals surface area (Å²) in [6, 6.07) is 13.4. The quantitative estimate of drug-likeness (QED) is 0.321. The number of ketones is 1. The molecule has 6 rings (SSSR count). The van der Waals surface area contributed by atoms with Crippen LogP contribution in [0.5, 0.6) is 0 Å². The van der Waals surface area contributed by atoms with E-state index in [0.29, 0.717) is 63.4 Å². The van der Waals surface area contributed by atoms with Gasteiger partial charge < -0.3 is 15.1 Å². The maximum absolute atomic E-state index is 18.0. The fourth-order valence-corrected chi connectivity index (χ4v) is 5.99. The van der Waals surface area contributed by atoms with Crippen molar-refractivity contribution < 1.29 is 29.0 Å². The minimum atomic E-state index is -3.19. The molecule has 3 aromatic rings. The maximum atomic E-state index is 18.0. The Hall–Kier alpha value is -2.96. The largest absolute Gasteiger partial charge is 0.387 e. The van der Waals surface area contributed by atoms with Gasteiger partial charge in [-0.15, -0.1) is 0 Å². The monoisotopic (exact) mass is 642 g/mol. The molecule has 0 radical (unpaired) electrons. The van der Waals surface area contributed by atoms with E-state index in [-0.39, 0.29) is 30.7 Å². The molecule has 0 bridgehead atoms. The van der Waals surface area contributed by atoms with Crippen LogP contribution in [-0.4, -0.2) is 99.8 Å². The first-order valence-corrected chi connectivity index (χ1v) is 15.3. The number of benzene rings is 2. The molecule has 0 spiro atoms. The smallest absolute Gasteiger partial charge is 0.295 e. The summed E-state index contributed by atoms with van der Waals surface area (Å²) in [7, 11) is 1.98. The Labute approximate surface area is 264 Å². The normalized spacial score (nSPS) is 22.2. The molecule has 12 heteroatoms. The van der Waals surface area contributed by atoms with Crippen LogP contribution in [0.25, 0.3) is 11.1 Å². The van der Waals surface area contributed by atoms with Gasteiger partial charge in [-0.2, -0.15) is 5.06 Å². The topological polar surface area (TPSA) is 106 Å². The van der Waals surface area contributed by atoms with Gasteiger partial charge in [-0.3, -0.25) is 24.3 Å². The SMILES string of the molecule is CN1CCN(CC(O)C(=O)[C@]2(F)c3c(ccc(-c4ccc(Cl)cc4)c3Cc3ccc(Cl)cn3)C(=O)N2OCC2(O)CC2)CC1. The molecule has 1 saturated carbocycles. The molecule has 2 atom stereocenters. The van der Waals surface area contributed by atoms with Crippen LogP contribution in [0.1, 0.15) is 40.0 Å². The average Bonchev–Trinajstić information content (AvgIpc) is 3.70. The van der Waals surface area contributed by atoms with Crippen molar-refractivity contribution in [3.63, 3.8) is 0 Å². The average molecular weight is 644 g/mol. The fraction of sp³-hybridized carbons (Fsp3) is 0.406. The molecule has 1 aliphatic carbocycles. The van der Waals surface area contributed by atoms with Gasteiger partial charge in [-0.1, -0.05) is 41.4 Å². The Bertz CT molecular complexity index is 1560. The number of aliphatic hydroxyl groups excluding tert-OH is 1. The molecule has 2 aromatic carbocycles. The number of alkyl halides is 1. The number of β-amino-alcohol motifs (C(OH)–C–C–N with tert-alkyl or cyclic N) is 1. The summed E-state index contributed by atoms with van der Waals surface area (Å²) >= 11 is 12.2. The first-order chi connectivity index (χ1) is 21.0. The minimum absolute atomic E-state index is 0.0386. The van der Waals surface area contributed by atoms with Gasteiger partial charge in [-0.05, 0) is 66.9 Å². The number of halogens is 3. The second-order valence-corrected chi connectivity index (χ2v) is 12.7. The Kier molecular flexibility index (Phi) is 8.53. The highest BCUT2D eigenvalue weighted by molar-refractivity contribution is 6.30. The van der Waals surface area contributed by atoms with Crippen LogP contribution >= 0.6 is 23.2 Å². The van der Waals surface area contributed by atoms with Gasteiger partial charge in [0.2, 0.25) is 5.78 Å². The van der Waals surface area contributed by atoms with Gasteiger partial charge in [0.1, 0.15) is 12.7 Å². The van der Waals surface area contributed by atoms with Crippen LogP contribution < -0.4 is 0 Å². The number of carbonyl (C=O) groups is 2. The number of pyridine rings is 1. The Morgan fingerprint density at radius 2 is 1.68 bits per heavy atom. The number of likely N-dealkylation sites (N-methyl/N-ethyl adjacent to an activating group) is 1. The van der Waals surface area contributed by atoms with Crippen LogP contribution in [0, 0.1) is 0 Å². The highest BCUT2D eigenvalue weighted by atomic mass is 35.5. The molecule has 2 aliphatic heterocycles. The van der Waals surface area contributed by atoms with Crippen LogP contribution in [0.15, 0.2) is 54.7 Å². The van der Waals surface area contributed by atoms with Crippen molar-refractivity contribution >= 4 is 34.9 Å². The summed E-state index contributed by atoms with van der Waals surface area (Å²) in [4.78, 5) is 42.0. The summed E-state index contributed by atoms with van der Waals surface area (Å²) in [5.41, 5.74) is 0.581. The molecule has 232 valence electrons. The number of rotatable bonds is 10. The Morgan fingerprint density at radius 1 is 1.02 bits per heavy atom. The first kappa shape index (κ1) is 31.0. The highest BCUT2D eigenvalue weighted by Gasteiger charge is 2.61. The summed E-state index contributed by atoms with van der Waals surface area (Å²) in [6.07, 6.45) is 0.590. The molecular weight excluding hydrogens is 610 g/mol. The number of aliphatic hydroxyl groups is 2. The van der Waals surface area contributed by atoms with E-state index in [1.54, 1.807) is 42.5 Å². The Morgan fingerprint density at radius 3 is 2.32 bits per heavy atom. The van der Waals surface area contributed by atoms with Crippen molar-refractivity contribution in [1.82, 2.24) is 19.8 Å². The van der Waals surface area contributed by atoms with Crippen molar-refractivity contribution in [3.8, 4) is 11.1 Å². The van der Waals surface area contributed by atoms with Gasteiger partial charge in [-0.25, -0.2) is 4.39 Å². The zero-order valence-electron chi connectivity index (χ0n) is 24.2. The molecule has 1 amide bonds. The fourth-order valence-electron chi connectivity index (χ4n) is 5.75. The number of hydrogen-bond donors (Lipinski definition) is 2. The van der Waals surface area contributed by atoms with Crippen molar-refractivity contribution in [3.05, 3.63) is 87.2 Å². The van der Waals surface area contributed by atoms with E-state index in [2.05, 4.69) is 9.88 Å². The first-order valence-electron chi connectivity index (χ1n) is 14.5. The lowest BCUT2D eigenvalue weighted by Gasteiger charge is -2.36. The van der Waals surface area contributed by atoms with E-state index in [0.717, 1.165) is 13.1 Å². The van der Waals surface area contributed by atoms with E-state index >= 15 is 4.39 Å². The molecule has 2 fully saturated rings. The second kappa shape index (κ2) is 12.1. The zero-order chi connectivity index (χ0) is 31.2. The standard InChI is InChI=1S/C32H33Cl2FN4O5/c1-37-12-14-38(15-13-37)18-27(40)29(41)32(35)28-25(30(42)39(32)44-19-31(43)10-11-31)9-8-24(20-2-4-21(33)5-3-20)26(28)16-23-7-6-22(34)17-36-23/h2-9,17,27,40,43H,10-16,18-19H2,1H3/t27?,32-/m0/s1. The van der Waals surface area contributed by atoms with Gasteiger partial charge >= 0.3 is 0 Å². The second-order valence-electron chi connectivity index (χ2n) is 11.9. The van der Waals surface area contributed by atoms with Crippen LogP contribution in [0.2, 0.25) is 10.0 Å². The van der Waals surface area contributed by atoms with Gasteiger partial charge in [0, 0.05) is 61.6 Å². The van der Waals surface area contributed by atoms with Crippen LogP contribution in [-0.2, 0) is 21.8 Å². The van der Waals surface area contributed by atoms with Crippen LogP contribution in [0.4, 0.5) is 4.39 Å². The van der Waals surface area contributed by atoms with Crippen molar-refractivity contribution in [2.75, 3.05) is 46.4 Å². The summed E-state index contributed by atoms with van der Waals surface area (Å²) in [5, 5.41) is 23.0. The number of hydrogen-bond acceptors (Lipinski definition) is 8. The summed E-state index contributed by atoms with van der Waals surface area (Å²) < 4.78 is 18.0. The molecule has 1 saturated heterocycles. The number of nitrogens with zero attached hydrogens (tertiary/aromatic N) is 4. The minimum Gasteiger partial charge on any atom is -0.387 e. The number of piperazine rings is 1. The molecule has 3 aliphatic rings. The third-order valence-corrected chi connectivity index (χ3v) is 9.06. The molecule has 44 heavy (non-hydrogen) atoms. The number of fused-ring (bicyclic) bond motifs is 1.